The Bertz CT molecular complexity index is 1940. The predicted molar refractivity (Wildman–Crippen MR) is 201 cm³/mol. The molecular formula is C40H42N4O10. The van der Waals surface area contributed by atoms with Crippen LogP contribution in [-0.2, 0) is 19.2 Å². The molecule has 14 nitrogen and oxygen atoms in total. The van der Waals surface area contributed by atoms with Crippen LogP contribution in [0.1, 0.15) is 11.1 Å². The van der Waals surface area contributed by atoms with E-state index < -0.39 is 37.2 Å². The number of nitrogens with one attached hydrogen (secondary N) is 2. The van der Waals surface area contributed by atoms with Crippen LogP contribution in [0.2, 0.25) is 0 Å². The number of carboxylic acid groups (broad SMARTS) is 2. The second kappa shape index (κ2) is 16.5. The summed E-state index contributed by atoms with van der Waals surface area (Å²) in [4.78, 5) is 51.1. The minimum Gasteiger partial charge on any atom is -0.482 e. The fourth-order valence-corrected chi connectivity index (χ4v) is 6.88. The predicted octanol–water partition coefficient (Wildman–Crippen LogP) is 2.83. The van der Waals surface area contributed by atoms with E-state index >= 15 is 0 Å². The van der Waals surface area contributed by atoms with Crippen LogP contribution < -0.4 is 29.9 Å². The average molecular weight is 739 g/mol. The molecule has 0 unspecified atom stereocenters. The van der Waals surface area contributed by atoms with E-state index in [4.69, 9.17) is 9.47 Å². The normalized spacial score (nSPS) is 14.8. The number of carbonyl (C=O) groups is 4. The molecule has 2 heterocycles. The maximum atomic E-state index is 12.8. The van der Waals surface area contributed by atoms with Crippen molar-refractivity contribution < 1.29 is 49.1 Å². The number of hydrogen-bond acceptors (Lipinski definition) is 10. The highest BCUT2D eigenvalue weighted by Gasteiger charge is 2.28. The van der Waals surface area contributed by atoms with Gasteiger partial charge >= 0.3 is 11.9 Å². The molecule has 6 rings (SSSR count). The number of rotatable bonds is 15. The molecule has 0 radical (unpaired) electrons. The molecule has 2 atom stereocenters. The van der Waals surface area contributed by atoms with Gasteiger partial charge in [0.05, 0.1) is 24.6 Å². The highest BCUT2D eigenvalue weighted by molar-refractivity contribution is 5.99. The Balaban J connectivity index is 1.24. The van der Waals surface area contributed by atoms with Crippen LogP contribution in [0.15, 0.2) is 72.8 Å². The van der Waals surface area contributed by atoms with Crippen LogP contribution in [0, 0.1) is 13.8 Å². The van der Waals surface area contributed by atoms with E-state index in [0.717, 1.165) is 44.5 Å². The van der Waals surface area contributed by atoms with Crippen LogP contribution in [0.5, 0.6) is 11.5 Å². The number of benzene rings is 4. The molecule has 0 bridgehead atoms. The Morgan fingerprint density at radius 3 is 1.41 bits per heavy atom. The van der Waals surface area contributed by atoms with Crippen molar-refractivity contribution in [3.8, 4) is 44.9 Å². The van der Waals surface area contributed by atoms with Gasteiger partial charge in [0.25, 0.3) is 11.8 Å². The lowest BCUT2D eigenvalue weighted by molar-refractivity contribution is -0.141. The summed E-state index contributed by atoms with van der Waals surface area (Å²) in [5.41, 5.74) is 9.07. The van der Waals surface area contributed by atoms with Crippen molar-refractivity contribution in [1.82, 2.24) is 10.6 Å². The maximum absolute atomic E-state index is 12.8. The minimum absolute atomic E-state index is 0.152. The third-order valence-electron chi connectivity index (χ3n) is 9.80. The second-order valence-electron chi connectivity index (χ2n) is 13.0. The summed E-state index contributed by atoms with van der Waals surface area (Å²) in [5.74, 6) is -1.77. The summed E-state index contributed by atoms with van der Waals surface area (Å²) in [5, 5.41) is 42.5. The number of aliphatic carboxylic acids is 2. The number of hydrogen-bond donors (Lipinski definition) is 6. The quantitative estimate of drug-likeness (QED) is 0.105. The number of anilines is 2. The van der Waals surface area contributed by atoms with Crippen LogP contribution in [-0.4, -0.2) is 109 Å². The monoisotopic (exact) mass is 738 g/mol. The number of ether oxygens (including phenoxy) is 2. The first kappa shape index (κ1) is 37.9. The Morgan fingerprint density at radius 2 is 1.04 bits per heavy atom. The van der Waals surface area contributed by atoms with Gasteiger partial charge in [0.2, 0.25) is 0 Å². The lowest BCUT2D eigenvalue weighted by Crippen LogP contribution is -2.46. The second-order valence-corrected chi connectivity index (χ2v) is 13.0. The lowest BCUT2D eigenvalue weighted by atomic mass is 9.88. The Kier molecular flexibility index (Phi) is 11.6. The van der Waals surface area contributed by atoms with Crippen molar-refractivity contribution in [1.29, 1.82) is 0 Å². The standard InChI is InChI=1S/C40H42N4O10/c1-23-27(25-9-11-33-35(17-25)53-21-37(47)43(33)15-13-41-31(19-45)39(49)50)5-3-7-29(23)30-8-4-6-28(24(30)2)26-10-12-34-36(18-26)54-22-38(48)44(34)16-14-42-32(20-46)40(51)52/h3-12,17-18,31-32,41-42,45-46H,13-16,19-22H2,1-2H3,(H,49,50)(H,51,52)/t31-,32-/m0/s1. The van der Waals surface area contributed by atoms with Gasteiger partial charge in [-0.15, -0.1) is 0 Å². The number of amides is 2. The zero-order valence-corrected chi connectivity index (χ0v) is 29.9. The van der Waals surface area contributed by atoms with Crippen molar-refractivity contribution >= 4 is 35.1 Å². The van der Waals surface area contributed by atoms with Gasteiger partial charge in [0.1, 0.15) is 23.6 Å². The molecule has 282 valence electrons. The lowest BCUT2D eigenvalue weighted by Gasteiger charge is -2.30. The zero-order valence-electron chi connectivity index (χ0n) is 29.9. The van der Waals surface area contributed by atoms with E-state index in [2.05, 4.69) is 36.6 Å². The number of nitrogens with zero attached hydrogens (tertiary/aromatic N) is 2. The third-order valence-corrected chi connectivity index (χ3v) is 9.80. The van der Waals surface area contributed by atoms with E-state index in [9.17, 15) is 39.6 Å². The van der Waals surface area contributed by atoms with Crippen molar-refractivity contribution in [3.63, 3.8) is 0 Å². The number of fused-ring (bicyclic) bond motifs is 2. The summed E-state index contributed by atoms with van der Waals surface area (Å²) < 4.78 is 11.7. The van der Waals surface area contributed by atoms with Crippen molar-refractivity contribution in [2.24, 2.45) is 0 Å². The Morgan fingerprint density at radius 1 is 0.648 bits per heavy atom. The molecule has 2 aliphatic rings. The summed E-state index contributed by atoms with van der Waals surface area (Å²) in [6, 6.07) is 21.3. The maximum Gasteiger partial charge on any atom is 0.323 e. The SMILES string of the molecule is Cc1c(-c2ccc3c(c2)OCC(=O)N3CCN[C@@H](CO)C(=O)O)cccc1-c1cccc(-c2ccc3c(c2)OCC(=O)N3CCN[C@@H](CO)C(=O)O)c1C. The highest BCUT2D eigenvalue weighted by Crippen LogP contribution is 2.42. The van der Waals surface area contributed by atoms with Crippen molar-refractivity contribution in [3.05, 3.63) is 83.9 Å². The van der Waals surface area contributed by atoms with Gasteiger partial charge in [-0.25, -0.2) is 0 Å². The molecule has 0 saturated heterocycles. The van der Waals surface area contributed by atoms with E-state index in [0.29, 0.717) is 22.9 Å². The molecule has 4 aromatic rings. The summed E-state index contributed by atoms with van der Waals surface area (Å²) >= 11 is 0. The highest BCUT2D eigenvalue weighted by atomic mass is 16.5. The van der Waals surface area contributed by atoms with Gasteiger partial charge in [-0.3, -0.25) is 19.2 Å². The van der Waals surface area contributed by atoms with E-state index in [1.165, 1.54) is 0 Å². The van der Waals surface area contributed by atoms with E-state index in [-0.39, 0.29) is 51.2 Å². The van der Waals surface area contributed by atoms with Gasteiger partial charge in [-0.05, 0) is 82.6 Å². The van der Waals surface area contributed by atoms with Crippen LogP contribution >= 0.6 is 0 Å². The summed E-state index contributed by atoms with van der Waals surface area (Å²) in [7, 11) is 0. The molecule has 0 saturated carbocycles. The summed E-state index contributed by atoms with van der Waals surface area (Å²) in [6.07, 6.45) is 0. The minimum atomic E-state index is -1.17. The largest absolute Gasteiger partial charge is 0.482 e. The number of aliphatic hydroxyl groups excluding tert-OH is 2. The fourth-order valence-electron chi connectivity index (χ4n) is 6.88. The van der Waals surface area contributed by atoms with Crippen molar-refractivity contribution in [2.75, 3.05) is 62.4 Å². The van der Waals surface area contributed by atoms with Gasteiger partial charge in [0.15, 0.2) is 13.2 Å². The van der Waals surface area contributed by atoms with Gasteiger partial charge < -0.3 is 50.3 Å². The summed E-state index contributed by atoms with van der Waals surface area (Å²) in [6.45, 7) is 3.43. The van der Waals surface area contributed by atoms with Crippen LogP contribution in [0.3, 0.4) is 0 Å². The molecule has 0 spiro atoms. The van der Waals surface area contributed by atoms with Gasteiger partial charge in [0, 0.05) is 26.2 Å². The van der Waals surface area contributed by atoms with E-state index in [1.54, 1.807) is 9.80 Å². The first-order chi connectivity index (χ1) is 26.0. The van der Waals surface area contributed by atoms with Crippen molar-refractivity contribution in [2.45, 2.75) is 25.9 Å². The smallest absolute Gasteiger partial charge is 0.323 e. The number of carboxylic acids is 2. The average Bonchev–Trinajstić information content (AvgIpc) is 3.16. The molecule has 0 aromatic heterocycles. The fraction of sp³-hybridized carbons (Fsp3) is 0.300. The molecule has 6 N–H and O–H groups in total. The molecule has 2 aliphatic heterocycles. The molecule has 54 heavy (non-hydrogen) atoms. The first-order valence-corrected chi connectivity index (χ1v) is 17.5. The molecule has 0 aliphatic carbocycles. The zero-order chi connectivity index (χ0) is 38.5. The molecule has 4 aromatic carbocycles. The molecular weight excluding hydrogens is 696 g/mol. The third kappa shape index (κ3) is 7.77. The molecule has 14 heteroatoms. The molecule has 0 fully saturated rings. The first-order valence-electron chi connectivity index (χ1n) is 17.5. The number of carbonyl (C=O) groups excluding carboxylic acids is 2. The Labute approximate surface area is 311 Å². The van der Waals surface area contributed by atoms with Crippen LogP contribution in [0.4, 0.5) is 11.4 Å². The van der Waals surface area contributed by atoms with Gasteiger partial charge in [-0.1, -0.05) is 48.5 Å². The number of aliphatic hydroxyl groups is 2. The van der Waals surface area contributed by atoms with Crippen LogP contribution in [0.25, 0.3) is 33.4 Å². The molecule has 2 amide bonds. The van der Waals surface area contributed by atoms with E-state index in [1.807, 2.05) is 60.7 Å². The Hall–Kier alpha value is -5.80. The van der Waals surface area contributed by atoms with Gasteiger partial charge in [-0.2, -0.15) is 0 Å². The topological polar surface area (TPSA) is 198 Å².